The smallest absolute Gasteiger partial charge is 0.124 e. The first-order chi connectivity index (χ1) is 7.26. The van der Waals surface area contributed by atoms with Crippen molar-refractivity contribution in [3.63, 3.8) is 0 Å². The number of nitrogens with zero attached hydrogens (tertiary/aromatic N) is 2. The molecule has 0 fully saturated rings. The van der Waals surface area contributed by atoms with E-state index in [2.05, 4.69) is 30.7 Å². The van der Waals surface area contributed by atoms with Gasteiger partial charge in [0.15, 0.2) is 0 Å². The van der Waals surface area contributed by atoms with Crippen molar-refractivity contribution >= 4 is 27.9 Å². The zero-order valence-corrected chi connectivity index (χ0v) is 11.7. The molecule has 0 aromatic rings. The summed E-state index contributed by atoms with van der Waals surface area (Å²) in [5, 5.41) is 0. The van der Waals surface area contributed by atoms with Gasteiger partial charge in [0.05, 0.1) is 6.04 Å². The SMILES string of the molecule is CCN(CC)CCCSC1=NC(C)CS1. The predicted molar refractivity (Wildman–Crippen MR) is 74.2 cm³/mol. The van der Waals surface area contributed by atoms with Crippen LogP contribution in [0.5, 0.6) is 0 Å². The predicted octanol–water partition coefficient (Wildman–Crippen LogP) is 2.94. The van der Waals surface area contributed by atoms with Crippen molar-refractivity contribution in [1.29, 1.82) is 0 Å². The van der Waals surface area contributed by atoms with Crippen LogP contribution < -0.4 is 0 Å². The molecule has 0 bridgehead atoms. The van der Waals surface area contributed by atoms with Gasteiger partial charge < -0.3 is 4.90 Å². The lowest BCUT2D eigenvalue weighted by atomic mass is 10.4. The molecule has 1 rings (SSSR count). The van der Waals surface area contributed by atoms with Gasteiger partial charge in [-0.2, -0.15) is 0 Å². The van der Waals surface area contributed by atoms with Gasteiger partial charge >= 0.3 is 0 Å². The van der Waals surface area contributed by atoms with Gasteiger partial charge in [-0.1, -0.05) is 37.4 Å². The maximum atomic E-state index is 4.57. The summed E-state index contributed by atoms with van der Waals surface area (Å²) in [6.07, 6.45) is 1.28. The van der Waals surface area contributed by atoms with Crippen LogP contribution in [0.15, 0.2) is 4.99 Å². The molecule has 4 heteroatoms. The Kier molecular flexibility index (Phi) is 6.77. The molecule has 0 N–H and O–H groups in total. The number of aliphatic imine (C=N–C) groups is 1. The molecule has 0 saturated heterocycles. The molecular formula is C11H22N2S2. The van der Waals surface area contributed by atoms with Crippen molar-refractivity contribution < 1.29 is 0 Å². The monoisotopic (exact) mass is 246 g/mol. The fourth-order valence-corrected chi connectivity index (χ4v) is 3.72. The molecule has 1 unspecified atom stereocenters. The highest BCUT2D eigenvalue weighted by molar-refractivity contribution is 8.39. The zero-order chi connectivity index (χ0) is 11.1. The van der Waals surface area contributed by atoms with E-state index in [1.807, 2.05) is 23.5 Å². The molecule has 88 valence electrons. The highest BCUT2D eigenvalue weighted by Gasteiger charge is 2.13. The second kappa shape index (κ2) is 7.58. The number of hydrogen-bond donors (Lipinski definition) is 0. The van der Waals surface area contributed by atoms with Gasteiger partial charge in [-0.05, 0) is 33.0 Å². The second-order valence-electron chi connectivity index (χ2n) is 3.78. The third-order valence-electron chi connectivity index (χ3n) is 2.51. The van der Waals surface area contributed by atoms with E-state index in [0.29, 0.717) is 6.04 Å². The van der Waals surface area contributed by atoms with Crippen LogP contribution in [0.1, 0.15) is 27.2 Å². The van der Waals surface area contributed by atoms with Gasteiger partial charge in [-0.25, -0.2) is 0 Å². The van der Waals surface area contributed by atoms with Crippen molar-refractivity contribution in [2.24, 2.45) is 4.99 Å². The topological polar surface area (TPSA) is 15.6 Å². The highest BCUT2D eigenvalue weighted by atomic mass is 32.2. The highest BCUT2D eigenvalue weighted by Crippen LogP contribution is 2.26. The average molecular weight is 246 g/mol. The number of thioether (sulfide) groups is 2. The standard InChI is InChI=1S/C11H22N2S2/c1-4-13(5-2)7-6-8-14-11-12-10(3)9-15-11/h10H,4-9H2,1-3H3. The second-order valence-corrected chi connectivity index (χ2v) is 6.13. The maximum absolute atomic E-state index is 4.57. The van der Waals surface area contributed by atoms with E-state index < -0.39 is 0 Å². The van der Waals surface area contributed by atoms with Crippen LogP contribution in [0, 0.1) is 0 Å². The Morgan fingerprint density at radius 3 is 2.73 bits per heavy atom. The van der Waals surface area contributed by atoms with Crippen LogP contribution in [0.25, 0.3) is 0 Å². The Bertz CT molecular complexity index is 203. The van der Waals surface area contributed by atoms with E-state index >= 15 is 0 Å². The minimum Gasteiger partial charge on any atom is -0.304 e. The molecule has 0 saturated carbocycles. The lowest BCUT2D eigenvalue weighted by molar-refractivity contribution is 0.305. The normalized spacial score (nSPS) is 21.1. The van der Waals surface area contributed by atoms with Crippen molar-refractivity contribution in [1.82, 2.24) is 4.90 Å². The summed E-state index contributed by atoms with van der Waals surface area (Å²) < 4.78 is 1.31. The summed E-state index contributed by atoms with van der Waals surface area (Å²) in [5.74, 6) is 2.40. The molecule has 1 aliphatic heterocycles. The van der Waals surface area contributed by atoms with E-state index in [4.69, 9.17) is 0 Å². The molecule has 0 amide bonds. The Morgan fingerprint density at radius 1 is 1.47 bits per heavy atom. The molecule has 0 radical (unpaired) electrons. The minimum atomic E-state index is 0.542. The van der Waals surface area contributed by atoms with E-state index in [-0.39, 0.29) is 0 Å². The lowest BCUT2D eigenvalue weighted by Gasteiger charge is -2.17. The Morgan fingerprint density at radius 2 is 2.20 bits per heavy atom. The van der Waals surface area contributed by atoms with E-state index in [0.717, 1.165) is 0 Å². The molecule has 2 nitrogen and oxygen atoms in total. The fraction of sp³-hybridized carbons (Fsp3) is 0.909. The van der Waals surface area contributed by atoms with Gasteiger partial charge in [-0.15, -0.1) is 0 Å². The summed E-state index contributed by atoms with van der Waals surface area (Å²) in [5.41, 5.74) is 0. The van der Waals surface area contributed by atoms with Gasteiger partial charge in [0.1, 0.15) is 4.38 Å². The van der Waals surface area contributed by atoms with E-state index in [1.165, 1.54) is 41.9 Å². The van der Waals surface area contributed by atoms with Crippen LogP contribution in [-0.2, 0) is 0 Å². The molecule has 1 aliphatic rings. The van der Waals surface area contributed by atoms with Crippen LogP contribution in [0.2, 0.25) is 0 Å². The van der Waals surface area contributed by atoms with Crippen molar-refractivity contribution in [3.8, 4) is 0 Å². The maximum Gasteiger partial charge on any atom is 0.124 e. The van der Waals surface area contributed by atoms with Crippen LogP contribution >= 0.6 is 23.5 Å². The number of hydrogen-bond acceptors (Lipinski definition) is 4. The van der Waals surface area contributed by atoms with Crippen LogP contribution in [0.3, 0.4) is 0 Å². The Balaban J connectivity index is 2.04. The zero-order valence-electron chi connectivity index (χ0n) is 10.0. The van der Waals surface area contributed by atoms with Crippen LogP contribution in [-0.4, -0.2) is 46.5 Å². The molecule has 0 aromatic carbocycles. The first kappa shape index (κ1) is 13.4. The fourth-order valence-electron chi connectivity index (χ4n) is 1.51. The van der Waals surface area contributed by atoms with Gasteiger partial charge in [0, 0.05) is 11.5 Å². The van der Waals surface area contributed by atoms with Gasteiger partial charge in [-0.3, -0.25) is 4.99 Å². The van der Waals surface area contributed by atoms with Crippen molar-refractivity contribution in [3.05, 3.63) is 0 Å². The summed E-state index contributed by atoms with van der Waals surface area (Å²) >= 11 is 3.86. The summed E-state index contributed by atoms with van der Waals surface area (Å²) in [4.78, 5) is 7.05. The molecule has 1 heterocycles. The van der Waals surface area contributed by atoms with E-state index in [9.17, 15) is 0 Å². The molecule has 1 atom stereocenters. The quantitative estimate of drug-likeness (QED) is 0.670. The first-order valence-corrected chi connectivity index (χ1v) is 7.79. The van der Waals surface area contributed by atoms with Gasteiger partial charge in [0.2, 0.25) is 0 Å². The minimum absolute atomic E-state index is 0.542. The first-order valence-electron chi connectivity index (χ1n) is 5.82. The van der Waals surface area contributed by atoms with Crippen molar-refractivity contribution in [2.75, 3.05) is 31.1 Å². The van der Waals surface area contributed by atoms with Crippen molar-refractivity contribution in [2.45, 2.75) is 33.2 Å². The molecule has 0 aromatic heterocycles. The number of rotatable bonds is 6. The molecule has 0 aliphatic carbocycles. The molecule has 15 heavy (non-hydrogen) atoms. The molecular weight excluding hydrogens is 224 g/mol. The third-order valence-corrected chi connectivity index (χ3v) is 5.07. The summed E-state index contributed by atoms with van der Waals surface area (Å²) in [7, 11) is 0. The van der Waals surface area contributed by atoms with E-state index in [1.54, 1.807) is 0 Å². The van der Waals surface area contributed by atoms with Crippen LogP contribution in [0.4, 0.5) is 0 Å². The largest absolute Gasteiger partial charge is 0.304 e. The summed E-state index contributed by atoms with van der Waals surface area (Å²) in [6.45, 7) is 10.2. The Labute approximate surface area is 102 Å². The molecule has 0 spiro atoms. The lowest BCUT2D eigenvalue weighted by Crippen LogP contribution is -2.24. The average Bonchev–Trinajstić information content (AvgIpc) is 2.65. The third kappa shape index (κ3) is 5.27. The van der Waals surface area contributed by atoms with Gasteiger partial charge in [0.25, 0.3) is 0 Å². The Hall–Kier alpha value is 0.330. The summed E-state index contributed by atoms with van der Waals surface area (Å²) in [6, 6.07) is 0.542.